The zero-order chi connectivity index (χ0) is 19.3. The van der Waals surface area contributed by atoms with Crippen LogP contribution in [0.2, 0.25) is 0 Å². The highest BCUT2D eigenvalue weighted by Gasteiger charge is 2.20. The summed E-state index contributed by atoms with van der Waals surface area (Å²) in [7, 11) is 0. The Hall–Kier alpha value is -3.19. The second kappa shape index (κ2) is 8.22. The van der Waals surface area contributed by atoms with Crippen molar-refractivity contribution in [2.45, 2.75) is 25.9 Å². The van der Waals surface area contributed by atoms with Crippen LogP contribution in [-0.4, -0.2) is 34.2 Å². The summed E-state index contributed by atoms with van der Waals surface area (Å²) in [6, 6.07) is 15.9. The molecule has 0 atom stereocenters. The van der Waals surface area contributed by atoms with Crippen LogP contribution >= 0.6 is 0 Å². The molecular formula is C21H23N5O2. The van der Waals surface area contributed by atoms with E-state index in [9.17, 15) is 4.79 Å². The molecule has 3 aromatic rings. The topological polar surface area (TPSA) is 97.3 Å². The second-order valence-corrected chi connectivity index (χ2v) is 6.83. The smallest absolute Gasteiger partial charge is 0.317 e. The minimum absolute atomic E-state index is 0.0633. The third-order valence-electron chi connectivity index (χ3n) is 4.95. The molecule has 2 aromatic carbocycles. The molecule has 0 spiro atoms. The van der Waals surface area contributed by atoms with Crippen LogP contribution in [0.25, 0.3) is 11.4 Å². The van der Waals surface area contributed by atoms with Crippen LogP contribution in [0.5, 0.6) is 0 Å². The van der Waals surface area contributed by atoms with Gasteiger partial charge in [0, 0.05) is 38.2 Å². The lowest BCUT2D eigenvalue weighted by Crippen LogP contribution is -2.43. The van der Waals surface area contributed by atoms with Gasteiger partial charge < -0.3 is 20.5 Å². The number of amides is 2. The van der Waals surface area contributed by atoms with Crippen LogP contribution in [0.3, 0.4) is 0 Å². The van der Waals surface area contributed by atoms with Crippen LogP contribution in [0.1, 0.15) is 22.6 Å². The Balaban J connectivity index is 1.28. The predicted octanol–water partition coefficient (Wildman–Crippen LogP) is 2.51. The van der Waals surface area contributed by atoms with E-state index in [0.29, 0.717) is 37.8 Å². The number of aromatic nitrogens is 2. The molecule has 0 radical (unpaired) electrons. The molecule has 3 N–H and O–H groups in total. The van der Waals surface area contributed by atoms with E-state index in [2.05, 4.69) is 27.6 Å². The molecule has 1 aliphatic heterocycles. The Morgan fingerprint density at radius 2 is 1.93 bits per heavy atom. The second-order valence-electron chi connectivity index (χ2n) is 6.83. The zero-order valence-corrected chi connectivity index (χ0v) is 15.6. The van der Waals surface area contributed by atoms with E-state index < -0.39 is 0 Å². The van der Waals surface area contributed by atoms with Gasteiger partial charge in [-0.3, -0.25) is 0 Å². The molecule has 0 unspecified atom stereocenters. The number of benzene rings is 2. The molecule has 0 saturated carbocycles. The number of nitrogens with two attached hydrogens (primary N) is 1. The van der Waals surface area contributed by atoms with Crippen LogP contribution in [0.15, 0.2) is 53.1 Å². The number of hydrogen-bond acceptors (Lipinski definition) is 5. The molecule has 1 aliphatic rings. The molecule has 4 rings (SSSR count). The Morgan fingerprint density at radius 1 is 1.14 bits per heavy atom. The first-order chi connectivity index (χ1) is 13.7. The van der Waals surface area contributed by atoms with Crippen molar-refractivity contribution < 1.29 is 9.32 Å². The number of fused-ring (bicyclic) bond motifs is 1. The summed E-state index contributed by atoms with van der Waals surface area (Å²) in [4.78, 5) is 18.7. The van der Waals surface area contributed by atoms with Gasteiger partial charge in [-0.2, -0.15) is 4.98 Å². The minimum Gasteiger partial charge on any atom is -0.339 e. The van der Waals surface area contributed by atoms with Crippen molar-refractivity contribution in [3.8, 4) is 11.4 Å². The number of urea groups is 1. The van der Waals surface area contributed by atoms with Crippen LogP contribution < -0.4 is 11.1 Å². The van der Waals surface area contributed by atoms with E-state index in [1.807, 2.05) is 41.3 Å². The van der Waals surface area contributed by atoms with Gasteiger partial charge in [-0.05, 0) is 23.1 Å². The Bertz CT molecular complexity index is 951. The summed E-state index contributed by atoms with van der Waals surface area (Å²) in [6.07, 6.45) is 1.38. The molecule has 0 bridgehead atoms. The quantitative estimate of drug-likeness (QED) is 0.712. The summed E-state index contributed by atoms with van der Waals surface area (Å²) in [5.41, 5.74) is 10.1. The number of carbonyl (C=O) groups excluding carboxylic acids is 1. The van der Waals surface area contributed by atoms with Crippen LogP contribution in [-0.2, 0) is 25.9 Å². The highest BCUT2D eigenvalue weighted by atomic mass is 16.5. The first-order valence-electron chi connectivity index (χ1n) is 9.44. The number of hydrogen-bond donors (Lipinski definition) is 2. The molecular weight excluding hydrogens is 354 g/mol. The van der Waals surface area contributed by atoms with Gasteiger partial charge in [0.05, 0.1) is 0 Å². The molecule has 1 aromatic heterocycles. The standard InChI is InChI=1S/C21H23N5O2/c22-13-15-5-7-17(8-6-15)20-24-19(28-25-20)9-11-23-21(27)26-12-10-16-3-1-2-4-18(16)14-26/h1-8H,9-14,22H2,(H,23,27). The van der Waals surface area contributed by atoms with Gasteiger partial charge in [0.1, 0.15) is 0 Å². The molecule has 0 aliphatic carbocycles. The molecule has 0 fully saturated rings. The molecule has 0 saturated heterocycles. The van der Waals surface area contributed by atoms with Crippen molar-refractivity contribution in [2.24, 2.45) is 5.73 Å². The number of carbonyl (C=O) groups is 1. The van der Waals surface area contributed by atoms with Gasteiger partial charge in [-0.15, -0.1) is 0 Å². The fourth-order valence-electron chi connectivity index (χ4n) is 3.32. The predicted molar refractivity (Wildman–Crippen MR) is 105 cm³/mol. The van der Waals surface area contributed by atoms with Gasteiger partial charge in [0.15, 0.2) is 0 Å². The lowest BCUT2D eigenvalue weighted by molar-refractivity contribution is 0.192. The summed E-state index contributed by atoms with van der Waals surface area (Å²) in [5.74, 6) is 1.04. The summed E-state index contributed by atoms with van der Waals surface area (Å²) in [5, 5.41) is 6.96. The zero-order valence-electron chi connectivity index (χ0n) is 15.6. The molecule has 28 heavy (non-hydrogen) atoms. The number of rotatable bonds is 5. The third-order valence-corrected chi connectivity index (χ3v) is 4.95. The molecule has 7 nitrogen and oxygen atoms in total. The van der Waals surface area contributed by atoms with E-state index in [0.717, 1.165) is 24.1 Å². The maximum Gasteiger partial charge on any atom is 0.317 e. The summed E-state index contributed by atoms with van der Waals surface area (Å²) < 4.78 is 5.30. The summed E-state index contributed by atoms with van der Waals surface area (Å²) >= 11 is 0. The minimum atomic E-state index is -0.0633. The SMILES string of the molecule is NCc1ccc(-c2noc(CCNC(=O)N3CCc4ccccc4C3)n2)cc1. The van der Waals surface area contributed by atoms with Crippen molar-refractivity contribution >= 4 is 6.03 Å². The Labute approximate surface area is 163 Å². The highest BCUT2D eigenvalue weighted by Crippen LogP contribution is 2.19. The average Bonchev–Trinajstić information content (AvgIpc) is 3.22. The Kier molecular flexibility index (Phi) is 5.34. The van der Waals surface area contributed by atoms with E-state index in [1.54, 1.807) is 0 Å². The largest absolute Gasteiger partial charge is 0.339 e. The molecule has 2 heterocycles. The Morgan fingerprint density at radius 3 is 2.71 bits per heavy atom. The first kappa shape index (κ1) is 18.2. The van der Waals surface area contributed by atoms with Crippen LogP contribution in [0.4, 0.5) is 4.79 Å². The van der Waals surface area contributed by atoms with Crippen molar-refractivity contribution in [1.82, 2.24) is 20.4 Å². The normalized spacial score (nSPS) is 13.2. The van der Waals surface area contributed by atoms with Crippen molar-refractivity contribution in [3.05, 3.63) is 71.1 Å². The van der Waals surface area contributed by atoms with Crippen molar-refractivity contribution in [3.63, 3.8) is 0 Å². The maximum absolute atomic E-state index is 12.4. The highest BCUT2D eigenvalue weighted by molar-refractivity contribution is 5.74. The monoisotopic (exact) mass is 377 g/mol. The van der Waals surface area contributed by atoms with Gasteiger partial charge in [0.2, 0.25) is 11.7 Å². The van der Waals surface area contributed by atoms with Gasteiger partial charge in [0.25, 0.3) is 0 Å². The number of nitrogens with zero attached hydrogens (tertiary/aromatic N) is 3. The van der Waals surface area contributed by atoms with E-state index in [1.165, 1.54) is 11.1 Å². The number of nitrogens with one attached hydrogen (secondary N) is 1. The van der Waals surface area contributed by atoms with Gasteiger partial charge >= 0.3 is 6.03 Å². The lowest BCUT2D eigenvalue weighted by atomic mass is 10.0. The average molecular weight is 377 g/mol. The van der Waals surface area contributed by atoms with Crippen LogP contribution in [0, 0.1) is 0 Å². The third kappa shape index (κ3) is 4.04. The lowest BCUT2D eigenvalue weighted by Gasteiger charge is -2.28. The fraction of sp³-hybridized carbons (Fsp3) is 0.286. The van der Waals surface area contributed by atoms with Crippen molar-refractivity contribution in [1.29, 1.82) is 0 Å². The van der Waals surface area contributed by atoms with E-state index >= 15 is 0 Å². The van der Waals surface area contributed by atoms with Gasteiger partial charge in [-0.25, -0.2) is 4.79 Å². The molecule has 144 valence electrons. The first-order valence-corrected chi connectivity index (χ1v) is 9.44. The fourth-order valence-corrected chi connectivity index (χ4v) is 3.32. The van der Waals surface area contributed by atoms with E-state index in [4.69, 9.17) is 10.3 Å². The van der Waals surface area contributed by atoms with Crippen molar-refractivity contribution in [2.75, 3.05) is 13.1 Å². The molecule has 2 amide bonds. The maximum atomic E-state index is 12.4. The van der Waals surface area contributed by atoms with E-state index in [-0.39, 0.29) is 6.03 Å². The van der Waals surface area contributed by atoms with Gasteiger partial charge in [-0.1, -0.05) is 53.7 Å². The molecule has 7 heteroatoms. The summed E-state index contributed by atoms with van der Waals surface area (Å²) in [6.45, 7) is 2.32.